The van der Waals surface area contributed by atoms with Gasteiger partial charge in [0.15, 0.2) is 6.29 Å². The lowest BCUT2D eigenvalue weighted by atomic mass is 10.1. The summed E-state index contributed by atoms with van der Waals surface area (Å²) in [6.45, 7) is 2.35. The predicted octanol–water partition coefficient (Wildman–Crippen LogP) is 4.36. The van der Waals surface area contributed by atoms with E-state index in [1.807, 2.05) is 49.4 Å². The fourth-order valence-electron chi connectivity index (χ4n) is 2.75. The van der Waals surface area contributed by atoms with E-state index >= 15 is 0 Å². The first kappa shape index (κ1) is 22.1. The highest BCUT2D eigenvalue weighted by molar-refractivity contribution is 9.10. The molecule has 5 nitrogen and oxygen atoms in total. The maximum absolute atomic E-state index is 10.4. The van der Waals surface area contributed by atoms with Gasteiger partial charge in [0.2, 0.25) is 0 Å². The lowest BCUT2D eigenvalue weighted by Crippen LogP contribution is -2.45. The summed E-state index contributed by atoms with van der Waals surface area (Å²) >= 11 is 11.1. The second kappa shape index (κ2) is 10.4. The zero-order valence-corrected chi connectivity index (χ0v) is 18.5. The molecule has 3 N–H and O–H groups in total. The second-order valence-electron chi connectivity index (χ2n) is 6.46. The molecular weight excluding hydrogens is 466 g/mol. The largest absolute Gasteiger partial charge is 0.388 e. The van der Waals surface area contributed by atoms with E-state index in [1.165, 1.54) is 11.8 Å². The Labute approximate surface area is 182 Å². The number of aliphatic hydroxyl groups is 1. The number of halogens is 2. The predicted molar refractivity (Wildman–Crippen MR) is 114 cm³/mol. The molecule has 2 aromatic carbocycles. The molecule has 3 rings (SSSR count). The third-order valence-electron chi connectivity index (χ3n) is 4.35. The average Bonchev–Trinajstić information content (AvgIpc) is 2.71. The van der Waals surface area contributed by atoms with Crippen LogP contribution in [-0.2, 0) is 14.2 Å². The van der Waals surface area contributed by atoms with Crippen LogP contribution in [0.2, 0.25) is 5.02 Å². The molecule has 0 aliphatic carbocycles. The molecule has 0 saturated carbocycles. The van der Waals surface area contributed by atoms with Crippen molar-refractivity contribution in [2.24, 2.45) is 5.73 Å². The van der Waals surface area contributed by atoms with Crippen LogP contribution >= 0.6 is 39.3 Å². The highest BCUT2D eigenvalue weighted by atomic mass is 79.9. The molecule has 1 fully saturated rings. The Morgan fingerprint density at radius 2 is 2.07 bits per heavy atom. The Bertz CT molecular complexity index is 769. The number of thioether (sulfide) groups is 1. The first-order valence-corrected chi connectivity index (χ1v) is 11.0. The minimum Gasteiger partial charge on any atom is -0.388 e. The van der Waals surface area contributed by atoms with Crippen LogP contribution in [0.5, 0.6) is 0 Å². The quantitative estimate of drug-likeness (QED) is 0.446. The lowest BCUT2D eigenvalue weighted by Gasteiger charge is -2.37. The van der Waals surface area contributed by atoms with Crippen molar-refractivity contribution in [2.45, 2.75) is 41.9 Å². The standard InChI is InChI=1S/C20H23BrClNO4S/c1-12-17(11-25-19(26-12)13-5-3-2-4-6-13)27-20(16(24)10-23)28-18-9-14(21)7-8-15(18)22/h2-9,12,16-17,19-20,24H,10-11,23H2,1H3/t12-,16+,17?,19?,20?/m1/s1. The molecule has 8 heteroatoms. The fraction of sp³-hybridized carbons (Fsp3) is 0.400. The first-order valence-electron chi connectivity index (χ1n) is 8.95. The monoisotopic (exact) mass is 487 g/mol. The van der Waals surface area contributed by atoms with Crippen molar-refractivity contribution < 1.29 is 19.3 Å². The van der Waals surface area contributed by atoms with E-state index in [-0.39, 0.29) is 18.8 Å². The Balaban J connectivity index is 1.67. The van der Waals surface area contributed by atoms with Crippen LogP contribution in [0.25, 0.3) is 0 Å². The van der Waals surface area contributed by atoms with Gasteiger partial charge in [-0.3, -0.25) is 0 Å². The van der Waals surface area contributed by atoms with Crippen molar-refractivity contribution in [3.8, 4) is 0 Å². The van der Waals surface area contributed by atoms with Gasteiger partial charge in [0.1, 0.15) is 17.6 Å². The topological polar surface area (TPSA) is 73.9 Å². The number of hydrogen-bond donors (Lipinski definition) is 2. The zero-order chi connectivity index (χ0) is 20.1. The Kier molecular flexibility index (Phi) is 8.20. The second-order valence-corrected chi connectivity index (χ2v) is 8.92. The van der Waals surface area contributed by atoms with E-state index in [4.69, 9.17) is 31.5 Å². The van der Waals surface area contributed by atoms with Crippen molar-refractivity contribution in [3.05, 3.63) is 63.6 Å². The Hall–Kier alpha value is -0.640. The molecular formula is C20H23BrClNO4S. The highest BCUT2D eigenvalue weighted by Gasteiger charge is 2.34. The molecule has 1 aliphatic heterocycles. The number of benzene rings is 2. The van der Waals surface area contributed by atoms with Crippen molar-refractivity contribution in [2.75, 3.05) is 13.2 Å². The van der Waals surface area contributed by atoms with Crippen LogP contribution in [0, 0.1) is 0 Å². The van der Waals surface area contributed by atoms with Gasteiger partial charge in [-0.05, 0) is 25.1 Å². The molecule has 1 aliphatic rings. The molecule has 1 saturated heterocycles. The van der Waals surface area contributed by atoms with E-state index in [1.54, 1.807) is 6.07 Å². The van der Waals surface area contributed by atoms with Crippen LogP contribution < -0.4 is 5.73 Å². The molecule has 0 radical (unpaired) electrons. The van der Waals surface area contributed by atoms with Crippen LogP contribution in [-0.4, -0.2) is 42.0 Å². The van der Waals surface area contributed by atoms with Gasteiger partial charge in [-0.15, -0.1) is 0 Å². The molecule has 3 unspecified atom stereocenters. The highest BCUT2D eigenvalue weighted by Crippen LogP contribution is 2.36. The third kappa shape index (κ3) is 5.70. The summed E-state index contributed by atoms with van der Waals surface area (Å²) in [5.41, 5.74) is 6.04. The Morgan fingerprint density at radius 1 is 1.32 bits per heavy atom. The van der Waals surface area contributed by atoms with Crippen molar-refractivity contribution in [3.63, 3.8) is 0 Å². The van der Waals surface area contributed by atoms with Crippen LogP contribution in [0.4, 0.5) is 0 Å². The van der Waals surface area contributed by atoms with Gasteiger partial charge in [-0.25, -0.2) is 0 Å². The third-order valence-corrected chi connectivity index (χ3v) is 6.53. The number of nitrogens with two attached hydrogens (primary N) is 1. The summed E-state index contributed by atoms with van der Waals surface area (Å²) in [5.74, 6) is 0. The van der Waals surface area contributed by atoms with Gasteiger partial charge in [-0.2, -0.15) is 0 Å². The van der Waals surface area contributed by atoms with Gasteiger partial charge in [0.05, 0.1) is 17.7 Å². The number of aliphatic hydroxyl groups excluding tert-OH is 1. The summed E-state index contributed by atoms with van der Waals surface area (Å²) in [7, 11) is 0. The van der Waals surface area contributed by atoms with Gasteiger partial charge < -0.3 is 25.1 Å². The number of rotatable bonds is 7. The van der Waals surface area contributed by atoms with Crippen LogP contribution in [0.15, 0.2) is 57.9 Å². The van der Waals surface area contributed by atoms with Crippen LogP contribution in [0.3, 0.4) is 0 Å². The summed E-state index contributed by atoms with van der Waals surface area (Å²) in [6.07, 6.45) is -1.85. The van der Waals surface area contributed by atoms with Crippen molar-refractivity contribution >= 4 is 39.3 Å². The van der Waals surface area contributed by atoms with E-state index in [0.717, 1.165) is 14.9 Å². The van der Waals surface area contributed by atoms with E-state index in [0.29, 0.717) is 11.6 Å². The SMILES string of the molecule is C[C@H]1OC(c2ccccc2)OCC1OC(Sc1cc(Br)ccc1Cl)[C@@H](O)CN. The molecule has 0 bridgehead atoms. The molecule has 0 spiro atoms. The summed E-state index contributed by atoms with van der Waals surface area (Å²) < 4.78 is 18.9. The molecule has 0 amide bonds. The summed E-state index contributed by atoms with van der Waals surface area (Å²) in [5, 5.41) is 11.0. The smallest absolute Gasteiger partial charge is 0.184 e. The minimum atomic E-state index is -0.862. The van der Waals surface area contributed by atoms with Crippen molar-refractivity contribution in [1.82, 2.24) is 0 Å². The average molecular weight is 489 g/mol. The normalized spacial score (nSPS) is 24.7. The Morgan fingerprint density at radius 3 is 2.75 bits per heavy atom. The lowest BCUT2D eigenvalue weighted by molar-refractivity contribution is -0.266. The van der Waals surface area contributed by atoms with Gasteiger partial charge in [-0.1, -0.05) is 69.6 Å². The number of ether oxygens (including phenoxy) is 3. The fourth-order valence-corrected chi connectivity index (χ4v) is 4.60. The maximum Gasteiger partial charge on any atom is 0.184 e. The van der Waals surface area contributed by atoms with Crippen molar-refractivity contribution in [1.29, 1.82) is 0 Å². The first-order chi connectivity index (χ1) is 13.5. The zero-order valence-electron chi connectivity index (χ0n) is 15.3. The minimum absolute atomic E-state index is 0.0682. The molecule has 0 aromatic heterocycles. The van der Waals surface area contributed by atoms with Crippen LogP contribution in [0.1, 0.15) is 18.8 Å². The molecule has 1 heterocycles. The van der Waals surface area contributed by atoms with Gasteiger partial charge in [0, 0.05) is 21.5 Å². The molecule has 5 atom stereocenters. The number of hydrogen-bond acceptors (Lipinski definition) is 6. The summed E-state index contributed by atoms with van der Waals surface area (Å²) in [4.78, 5) is 0.793. The van der Waals surface area contributed by atoms with E-state index in [9.17, 15) is 5.11 Å². The van der Waals surface area contributed by atoms with Gasteiger partial charge in [0.25, 0.3) is 0 Å². The van der Waals surface area contributed by atoms with E-state index in [2.05, 4.69) is 15.9 Å². The molecule has 152 valence electrons. The summed E-state index contributed by atoms with van der Waals surface area (Å²) in [6, 6.07) is 15.3. The maximum atomic E-state index is 10.4. The molecule has 2 aromatic rings. The van der Waals surface area contributed by atoms with Gasteiger partial charge >= 0.3 is 0 Å². The molecule has 28 heavy (non-hydrogen) atoms. The van der Waals surface area contributed by atoms with E-state index < -0.39 is 17.8 Å².